The Hall–Kier alpha value is -3.94. The molecule has 0 saturated carbocycles. The SMILES string of the molecule is CCC=CCC=CCC=CCC=CCC=CCC=CCCC(=O)NC(CCCCNC(=O)C=CC(=O)OC)C(=O)O. The molecule has 0 fully saturated rings. The molecule has 226 valence electrons. The fraction of sp³-hybridized carbons (Fsp3) is 0.455. The van der Waals surface area contributed by atoms with Crippen LogP contribution in [0.1, 0.15) is 77.6 Å². The lowest BCUT2D eigenvalue weighted by molar-refractivity contribution is -0.142. The van der Waals surface area contributed by atoms with Crippen LogP contribution in [0.15, 0.2) is 85.1 Å². The second kappa shape index (κ2) is 27.6. The second-order valence-electron chi connectivity index (χ2n) is 9.06. The van der Waals surface area contributed by atoms with E-state index in [1.54, 1.807) is 0 Å². The minimum absolute atomic E-state index is 0.217. The molecule has 0 aromatic rings. The highest BCUT2D eigenvalue weighted by atomic mass is 16.5. The van der Waals surface area contributed by atoms with E-state index in [0.29, 0.717) is 25.8 Å². The molecule has 1 unspecified atom stereocenters. The van der Waals surface area contributed by atoms with Gasteiger partial charge < -0.3 is 20.5 Å². The van der Waals surface area contributed by atoms with Crippen LogP contribution in [0, 0.1) is 0 Å². The number of carboxylic acids is 1. The van der Waals surface area contributed by atoms with Crippen molar-refractivity contribution < 1.29 is 29.0 Å². The first-order chi connectivity index (χ1) is 19.9. The van der Waals surface area contributed by atoms with Crippen molar-refractivity contribution in [2.75, 3.05) is 13.7 Å². The second-order valence-corrected chi connectivity index (χ2v) is 9.06. The van der Waals surface area contributed by atoms with Gasteiger partial charge in [-0.3, -0.25) is 9.59 Å². The molecular formula is C33H48N2O6. The van der Waals surface area contributed by atoms with Crippen LogP contribution in [0.2, 0.25) is 0 Å². The van der Waals surface area contributed by atoms with E-state index in [1.165, 1.54) is 7.11 Å². The molecule has 0 aliphatic heterocycles. The predicted octanol–water partition coefficient (Wildman–Crippen LogP) is 6.05. The molecule has 0 radical (unpaired) electrons. The zero-order chi connectivity index (χ0) is 30.4. The molecular weight excluding hydrogens is 520 g/mol. The molecule has 0 heterocycles. The minimum atomic E-state index is -1.09. The zero-order valence-electron chi connectivity index (χ0n) is 24.6. The third-order valence-corrected chi connectivity index (χ3v) is 5.56. The van der Waals surface area contributed by atoms with E-state index in [9.17, 15) is 24.3 Å². The quantitative estimate of drug-likeness (QED) is 0.0597. The largest absolute Gasteiger partial charge is 0.480 e. The molecule has 8 nitrogen and oxygen atoms in total. The topological polar surface area (TPSA) is 122 Å². The van der Waals surface area contributed by atoms with E-state index in [1.807, 2.05) is 12.2 Å². The van der Waals surface area contributed by atoms with Crippen LogP contribution >= 0.6 is 0 Å². The molecule has 8 heteroatoms. The number of carbonyl (C=O) groups is 4. The van der Waals surface area contributed by atoms with Gasteiger partial charge >= 0.3 is 11.9 Å². The summed E-state index contributed by atoms with van der Waals surface area (Å²) in [6.07, 6.45) is 35.2. The number of aliphatic carboxylic acids is 1. The van der Waals surface area contributed by atoms with Gasteiger partial charge in [-0.05, 0) is 64.2 Å². The molecule has 0 aliphatic carbocycles. The summed E-state index contributed by atoms with van der Waals surface area (Å²) in [5, 5.41) is 14.5. The van der Waals surface area contributed by atoms with E-state index >= 15 is 0 Å². The molecule has 2 amide bonds. The first kappa shape index (κ1) is 37.1. The number of carboxylic acid groups (broad SMARTS) is 1. The summed E-state index contributed by atoms with van der Waals surface area (Å²) in [6, 6.07) is -0.970. The highest BCUT2D eigenvalue weighted by molar-refractivity contribution is 5.94. The summed E-state index contributed by atoms with van der Waals surface area (Å²) >= 11 is 0. The summed E-state index contributed by atoms with van der Waals surface area (Å²) in [7, 11) is 1.22. The number of hydrogen-bond acceptors (Lipinski definition) is 5. The monoisotopic (exact) mass is 568 g/mol. The number of nitrogens with one attached hydrogen (secondary N) is 2. The maximum atomic E-state index is 12.1. The number of carbonyl (C=O) groups excluding carboxylic acids is 3. The fourth-order valence-corrected chi connectivity index (χ4v) is 3.33. The van der Waals surface area contributed by atoms with Crippen LogP contribution in [0.5, 0.6) is 0 Å². The van der Waals surface area contributed by atoms with Crippen molar-refractivity contribution in [3.63, 3.8) is 0 Å². The molecule has 0 aromatic heterocycles. The van der Waals surface area contributed by atoms with Crippen LogP contribution in [0.25, 0.3) is 0 Å². The number of hydrogen-bond donors (Lipinski definition) is 3. The van der Waals surface area contributed by atoms with E-state index in [0.717, 1.165) is 50.7 Å². The maximum absolute atomic E-state index is 12.1. The first-order valence-electron chi connectivity index (χ1n) is 14.4. The molecule has 3 N–H and O–H groups in total. The summed E-state index contributed by atoms with van der Waals surface area (Å²) in [6.45, 7) is 2.46. The molecule has 0 saturated heterocycles. The Morgan fingerprint density at radius 2 is 1.24 bits per heavy atom. The summed E-state index contributed by atoms with van der Waals surface area (Å²) in [5.41, 5.74) is 0. The fourth-order valence-electron chi connectivity index (χ4n) is 3.33. The third-order valence-electron chi connectivity index (χ3n) is 5.56. The van der Waals surface area contributed by atoms with Gasteiger partial charge in [0.1, 0.15) is 6.04 Å². The Morgan fingerprint density at radius 3 is 1.73 bits per heavy atom. The van der Waals surface area contributed by atoms with Gasteiger partial charge in [0.25, 0.3) is 0 Å². The minimum Gasteiger partial charge on any atom is -0.480 e. The van der Waals surface area contributed by atoms with Crippen molar-refractivity contribution in [1.29, 1.82) is 0 Å². The Kier molecular flexibility index (Phi) is 25.0. The van der Waals surface area contributed by atoms with Crippen LogP contribution in [-0.2, 0) is 23.9 Å². The number of rotatable bonds is 23. The van der Waals surface area contributed by atoms with Crippen LogP contribution in [-0.4, -0.2) is 48.6 Å². The molecule has 0 rings (SSSR count). The number of methoxy groups -OCH3 is 1. The number of unbranched alkanes of at least 4 members (excludes halogenated alkanes) is 1. The summed E-state index contributed by atoms with van der Waals surface area (Å²) in [4.78, 5) is 46.1. The third kappa shape index (κ3) is 26.1. The van der Waals surface area contributed by atoms with Crippen molar-refractivity contribution in [2.45, 2.75) is 83.6 Å². The standard InChI is InChI=1S/C33H48N2O6/c1-3-4-5-6-7-8-9-10-11-12-13-14-15-16-17-18-19-20-21-25-31(37)35-29(33(39)40)24-22-23-28-34-30(36)26-27-32(38)41-2/h4-5,7-8,10-11,13-14,16-17,19-20,26-27,29H,3,6,9,12,15,18,21-25,28H2,1-2H3,(H,34,36)(H,35,37)(H,39,40). The van der Waals surface area contributed by atoms with Gasteiger partial charge in [-0.25, -0.2) is 9.59 Å². The van der Waals surface area contributed by atoms with Crippen LogP contribution < -0.4 is 10.6 Å². The van der Waals surface area contributed by atoms with E-state index < -0.39 is 23.9 Å². The highest BCUT2D eigenvalue weighted by Gasteiger charge is 2.18. The van der Waals surface area contributed by atoms with Crippen LogP contribution in [0.3, 0.4) is 0 Å². The number of esters is 1. The molecule has 0 aromatic carbocycles. The Balaban J connectivity index is 3.95. The van der Waals surface area contributed by atoms with Gasteiger partial charge in [0.15, 0.2) is 0 Å². The lowest BCUT2D eigenvalue weighted by Gasteiger charge is -2.14. The lowest BCUT2D eigenvalue weighted by atomic mass is 10.1. The zero-order valence-corrected chi connectivity index (χ0v) is 24.6. The Labute approximate surface area is 245 Å². The number of ether oxygens (including phenoxy) is 1. The van der Waals surface area contributed by atoms with Crippen molar-refractivity contribution >= 4 is 23.8 Å². The smallest absolute Gasteiger partial charge is 0.330 e. The van der Waals surface area contributed by atoms with Gasteiger partial charge in [0.2, 0.25) is 11.8 Å². The van der Waals surface area contributed by atoms with Crippen molar-refractivity contribution in [3.8, 4) is 0 Å². The molecule has 41 heavy (non-hydrogen) atoms. The van der Waals surface area contributed by atoms with Gasteiger partial charge in [0.05, 0.1) is 7.11 Å². The van der Waals surface area contributed by atoms with E-state index in [4.69, 9.17) is 0 Å². The van der Waals surface area contributed by atoms with Crippen molar-refractivity contribution in [1.82, 2.24) is 10.6 Å². The number of amides is 2. The first-order valence-corrected chi connectivity index (χ1v) is 14.4. The van der Waals surface area contributed by atoms with Crippen LogP contribution in [0.4, 0.5) is 0 Å². The van der Waals surface area contributed by atoms with Crippen molar-refractivity contribution in [3.05, 3.63) is 85.1 Å². The highest BCUT2D eigenvalue weighted by Crippen LogP contribution is 2.03. The van der Waals surface area contributed by atoms with Gasteiger partial charge in [-0.2, -0.15) is 0 Å². The number of allylic oxidation sites excluding steroid dienone is 12. The predicted molar refractivity (Wildman–Crippen MR) is 165 cm³/mol. The summed E-state index contributed by atoms with van der Waals surface area (Å²) in [5.74, 6) is -2.45. The van der Waals surface area contributed by atoms with E-state index in [2.05, 4.69) is 83.1 Å². The Bertz CT molecular complexity index is 957. The molecule has 0 aliphatic rings. The average molecular weight is 569 g/mol. The Morgan fingerprint density at radius 1 is 0.732 bits per heavy atom. The van der Waals surface area contributed by atoms with E-state index in [-0.39, 0.29) is 18.7 Å². The molecule has 1 atom stereocenters. The molecule has 0 bridgehead atoms. The van der Waals surface area contributed by atoms with Crippen molar-refractivity contribution in [2.24, 2.45) is 0 Å². The summed E-state index contributed by atoms with van der Waals surface area (Å²) < 4.78 is 4.40. The average Bonchev–Trinajstić information content (AvgIpc) is 2.96. The maximum Gasteiger partial charge on any atom is 0.330 e. The lowest BCUT2D eigenvalue weighted by Crippen LogP contribution is -2.40. The van der Waals surface area contributed by atoms with Gasteiger partial charge in [-0.15, -0.1) is 0 Å². The molecule has 0 spiro atoms. The van der Waals surface area contributed by atoms with Gasteiger partial charge in [0, 0.05) is 25.1 Å². The van der Waals surface area contributed by atoms with Gasteiger partial charge in [-0.1, -0.05) is 79.8 Å². The normalized spacial score (nSPS) is 13.0.